The molecule has 1 aromatic rings. The number of Topliss-reactive ketones (excluding diaryl/α,β-unsaturated/α-hetero) is 1. The summed E-state index contributed by atoms with van der Waals surface area (Å²) in [5.41, 5.74) is 3.83. The van der Waals surface area contributed by atoms with E-state index in [-0.39, 0.29) is 11.4 Å². The van der Waals surface area contributed by atoms with Gasteiger partial charge >= 0.3 is 5.97 Å². The molecule has 0 N–H and O–H groups in total. The Morgan fingerprint density at radius 1 is 1.31 bits per heavy atom. The third-order valence-electron chi connectivity index (χ3n) is 7.30. The van der Waals surface area contributed by atoms with Gasteiger partial charge in [0.15, 0.2) is 0 Å². The van der Waals surface area contributed by atoms with Gasteiger partial charge < -0.3 is 4.74 Å². The molecule has 1 aromatic carbocycles. The third kappa shape index (κ3) is 2.55. The molecule has 0 spiro atoms. The van der Waals surface area contributed by atoms with Gasteiger partial charge in [-0.25, -0.2) is 0 Å². The van der Waals surface area contributed by atoms with Crippen molar-refractivity contribution in [3.8, 4) is 5.75 Å². The maximum absolute atomic E-state index is 12.5. The predicted molar refractivity (Wildman–Crippen MR) is 101 cm³/mol. The molecule has 3 heteroatoms. The van der Waals surface area contributed by atoms with E-state index in [4.69, 9.17) is 4.74 Å². The van der Waals surface area contributed by atoms with Crippen LogP contribution in [0.15, 0.2) is 24.8 Å². The maximum Gasteiger partial charge on any atom is 0.308 e. The smallest absolute Gasteiger partial charge is 0.308 e. The number of carbonyl (C=O) groups is 2. The van der Waals surface area contributed by atoms with Gasteiger partial charge in [-0.2, -0.15) is 0 Å². The molecule has 0 aromatic heterocycles. The monoisotopic (exact) mass is 352 g/mol. The topological polar surface area (TPSA) is 43.4 Å². The first kappa shape index (κ1) is 17.5. The Morgan fingerprint density at radius 2 is 2.12 bits per heavy atom. The summed E-state index contributed by atoms with van der Waals surface area (Å²) in [5, 5.41) is 0. The maximum atomic E-state index is 12.5. The summed E-state index contributed by atoms with van der Waals surface area (Å²) in [6.45, 7) is 7.55. The van der Waals surface area contributed by atoms with E-state index < -0.39 is 0 Å². The Hall–Kier alpha value is -1.90. The average molecular weight is 352 g/mol. The molecule has 26 heavy (non-hydrogen) atoms. The van der Waals surface area contributed by atoms with Crippen LogP contribution < -0.4 is 4.74 Å². The van der Waals surface area contributed by atoms with E-state index in [0.717, 1.165) is 50.5 Å². The minimum absolute atomic E-state index is 0.0830. The summed E-state index contributed by atoms with van der Waals surface area (Å²) >= 11 is 0. The van der Waals surface area contributed by atoms with E-state index in [1.54, 1.807) is 0 Å². The molecule has 3 nitrogen and oxygen atoms in total. The van der Waals surface area contributed by atoms with Crippen molar-refractivity contribution < 1.29 is 14.3 Å². The largest absolute Gasteiger partial charge is 0.426 e. The van der Waals surface area contributed by atoms with Gasteiger partial charge in [0.1, 0.15) is 11.5 Å². The van der Waals surface area contributed by atoms with Crippen molar-refractivity contribution in [2.24, 2.45) is 17.3 Å². The number of ketones is 1. The lowest BCUT2D eigenvalue weighted by Crippen LogP contribution is -2.42. The summed E-state index contributed by atoms with van der Waals surface area (Å²) in [5.74, 6) is 2.59. The lowest BCUT2D eigenvalue weighted by Gasteiger charge is -2.48. The number of hydrogen-bond donors (Lipinski definition) is 0. The highest BCUT2D eigenvalue weighted by Crippen LogP contribution is 2.60. The molecule has 0 bridgehead atoms. The van der Waals surface area contributed by atoms with Gasteiger partial charge in [-0.15, -0.1) is 6.58 Å². The SMILES string of the molecule is C=CCc1c(OC(C)=O)ccc2c1CC[C@@H]1[C@@H]2CC[C@]2(C)C(=O)CC[C@@H]12. The van der Waals surface area contributed by atoms with Crippen LogP contribution in [0.1, 0.15) is 68.6 Å². The van der Waals surface area contributed by atoms with E-state index in [1.165, 1.54) is 18.1 Å². The van der Waals surface area contributed by atoms with Crippen molar-refractivity contribution in [3.05, 3.63) is 41.5 Å². The number of carbonyl (C=O) groups excluding carboxylic acids is 2. The summed E-state index contributed by atoms with van der Waals surface area (Å²) in [4.78, 5) is 24.0. The molecule has 0 radical (unpaired) electrons. The van der Waals surface area contributed by atoms with Crippen molar-refractivity contribution in [3.63, 3.8) is 0 Å². The van der Waals surface area contributed by atoms with Crippen molar-refractivity contribution >= 4 is 11.8 Å². The molecule has 0 unspecified atom stereocenters. The number of benzene rings is 1. The van der Waals surface area contributed by atoms with Crippen molar-refractivity contribution in [2.75, 3.05) is 0 Å². The van der Waals surface area contributed by atoms with Crippen molar-refractivity contribution in [1.82, 2.24) is 0 Å². The first-order valence-corrected chi connectivity index (χ1v) is 9.93. The average Bonchev–Trinajstić information content (AvgIpc) is 2.91. The molecule has 0 heterocycles. The Bertz CT molecular complexity index is 778. The molecule has 3 aliphatic carbocycles. The number of hydrogen-bond acceptors (Lipinski definition) is 3. The molecule has 0 aliphatic heterocycles. The van der Waals surface area contributed by atoms with Gasteiger partial charge in [-0.05, 0) is 73.5 Å². The molecule has 0 amide bonds. The van der Waals surface area contributed by atoms with Crippen LogP contribution in [0, 0.1) is 17.3 Å². The van der Waals surface area contributed by atoms with Gasteiger partial charge in [-0.1, -0.05) is 19.1 Å². The van der Waals surface area contributed by atoms with Crippen LogP contribution >= 0.6 is 0 Å². The Morgan fingerprint density at radius 3 is 2.85 bits per heavy atom. The van der Waals surface area contributed by atoms with E-state index >= 15 is 0 Å². The van der Waals surface area contributed by atoms with Gasteiger partial charge in [0.25, 0.3) is 0 Å². The number of rotatable bonds is 3. The fourth-order valence-corrected chi connectivity index (χ4v) is 6.11. The second-order valence-corrected chi connectivity index (χ2v) is 8.53. The van der Waals surface area contributed by atoms with Gasteiger partial charge in [0, 0.05) is 24.3 Å². The van der Waals surface area contributed by atoms with E-state index in [1.807, 2.05) is 12.1 Å². The standard InChI is InChI=1S/C23H28O3/c1-4-5-19-16-6-7-18-17(15(16)8-10-21(19)26-14(2)24)12-13-23(3)20(18)9-11-22(23)25/h4,8,10,17-18,20H,1,5-7,9,11-13H2,2-3H3/t17-,18-,20+,23+/m1/s1. The molecular formula is C23H28O3. The second kappa shape index (κ2) is 6.37. The quantitative estimate of drug-likeness (QED) is 0.447. The van der Waals surface area contributed by atoms with E-state index in [9.17, 15) is 9.59 Å². The van der Waals surface area contributed by atoms with Crippen molar-refractivity contribution in [1.29, 1.82) is 0 Å². The molecule has 0 saturated heterocycles. The van der Waals surface area contributed by atoms with Crippen LogP contribution in [0.4, 0.5) is 0 Å². The molecule has 3 aliphatic rings. The number of allylic oxidation sites excluding steroid dienone is 1. The lowest BCUT2D eigenvalue weighted by molar-refractivity contribution is -0.132. The van der Waals surface area contributed by atoms with Gasteiger partial charge in [0.2, 0.25) is 0 Å². The molecule has 4 rings (SSSR count). The normalized spacial score (nSPS) is 32.4. The van der Waals surface area contributed by atoms with Gasteiger partial charge in [0.05, 0.1) is 0 Å². The highest BCUT2D eigenvalue weighted by atomic mass is 16.5. The number of esters is 1. The number of fused-ring (bicyclic) bond motifs is 5. The minimum Gasteiger partial charge on any atom is -0.426 e. The summed E-state index contributed by atoms with van der Waals surface area (Å²) < 4.78 is 5.47. The summed E-state index contributed by atoms with van der Waals surface area (Å²) in [7, 11) is 0. The zero-order valence-corrected chi connectivity index (χ0v) is 15.8. The van der Waals surface area contributed by atoms with Crippen molar-refractivity contribution in [2.45, 2.75) is 64.7 Å². The minimum atomic E-state index is -0.276. The first-order chi connectivity index (χ1) is 12.5. The van der Waals surface area contributed by atoms with Crippen LogP contribution in [0.3, 0.4) is 0 Å². The molecule has 2 saturated carbocycles. The molecular weight excluding hydrogens is 324 g/mol. The van der Waals surface area contributed by atoms with Crippen LogP contribution in [0.2, 0.25) is 0 Å². The van der Waals surface area contributed by atoms with Crippen LogP contribution in [-0.4, -0.2) is 11.8 Å². The fourth-order valence-electron chi connectivity index (χ4n) is 6.11. The van der Waals surface area contributed by atoms with Crippen LogP contribution in [0.25, 0.3) is 0 Å². The summed E-state index contributed by atoms with van der Waals surface area (Å²) in [6.07, 6.45) is 8.71. The molecule has 4 atom stereocenters. The predicted octanol–water partition coefficient (Wildman–Crippen LogP) is 4.77. The zero-order valence-electron chi connectivity index (χ0n) is 15.8. The first-order valence-electron chi connectivity index (χ1n) is 9.93. The third-order valence-corrected chi connectivity index (χ3v) is 7.30. The Balaban J connectivity index is 1.73. The second-order valence-electron chi connectivity index (χ2n) is 8.53. The van der Waals surface area contributed by atoms with E-state index in [2.05, 4.69) is 19.6 Å². The Kier molecular flexibility index (Phi) is 4.29. The number of ether oxygens (including phenoxy) is 1. The lowest BCUT2D eigenvalue weighted by atomic mass is 9.55. The zero-order chi connectivity index (χ0) is 18.5. The highest BCUT2D eigenvalue weighted by Gasteiger charge is 2.54. The van der Waals surface area contributed by atoms with Crippen LogP contribution in [0.5, 0.6) is 5.75 Å². The fraction of sp³-hybridized carbons (Fsp3) is 0.565. The highest BCUT2D eigenvalue weighted by molar-refractivity contribution is 5.87. The van der Waals surface area contributed by atoms with E-state index in [0.29, 0.717) is 29.3 Å². The van der Waals surface area contributed by atoms with Crippen LogP contribution in [-0.2, 0) is 22.4 Å². The Labute approximate surface area is 155 Å². The summed E-state index contributed by atoms with van der Waals surface area (Å²) in [6, 6.07) is 4.14. The van der Waals surface area contributed by atoms with Gasteiger partial charge in [-0.3, -0.25) is 9.59 Å². The molecule has 2 fully saturated rings. The molecule has 138 valence electrons.